The number of nitrogens with one attached hydrogen (secondary N) is 1. The molecule has 0 aliphatic carbocycles. The summed E-state index contributed by atoms with van der Waals surface area (Å²) in [6, 6.07) is 7.00. The van der Waals surface area contributed by atoms with E-state index in [0.717, 1.165) is 44.6 Å². The summed E-state index contributed by atoms with van der Waals surface area (Å²) in [5.74, 6) is -0.211. The summed E-state index contributed by atoms with van der Waals surface area (Å²) in [7, 11) is 0. The van der Waals surface area contributed by atoms with Gasteiger partial charge in [-0.1, -0.05) is 18.2 Å². The minimum atomic E-state index is -0.211. The highest BCUT2D eigenvalue weighted by molar-refractivity contribution is 5.85. The average Bonchev–Trinajstić information content (AvgIpc) is 2.57. The lowest BCUT2D eigenvalue weighted by Crippen LogP contribution is -2.52. The fourth-order valence-electron chi connectivity index (χ4n) is 3.02. The van der Waals surface area contributed by atoms with Crippen molar-refractivity contribution < 1.29 is 9.18 Å². The van der Waals surface area contributed by atoms with E-state index >= 15 is 0 Å². The second-order valence-electron chi connectivity index (χ2n) is 5.79. The number of urea groups is 1. The number of piperazine rings is 1. The molecular weight excluding hydrogens is 329 g/mol. The topological polar surface area (TPSA) is 35.6 Å². The Labute approximate surface area is 150 Å². The van der Waals surface area contributed by atoms with Crippen LogP contribution < -0.4 is 5.32 Å². The standard InChI is InChI=1S/C18H26FN3O.ClH/c1-3-5-6-17(15-7-9-16(19)10-8-15)21-11-13-22(14-12-21)18(23)20-4-2;/h3,7-10,17H,1,4-6,11-14H2,2H3,(H,20,23);1H. The van der Waals surface area contributed by atoms with Crippen molar-refractivity contribution in [2.24, 2.45) is 0 Å². The number of allylic oxidation sites excluding steroid dienone is 1. The molecule has 1 N–H and O–H groups in total. The Kier molecular flexibility index (Phi) is 8.79. The molecule has 0 radical (unpaired) electrons. The van der Waals surface area contributed by atoms with E-state index in [1.54, 1.807) is 0 Å². The van der Waals surface area contributed by atoms with E-state index in [0.29, 0.717) is 6.54 Å². The van der Waals surface area contributed by atoms with Crippen molar-refractivity contribution in [2.75, 3.05) is 32.7 Å². The summed E-state index contributed by atoms with van der Waals surface area (Å²) in [4.78, 5) is 16.1. The van der Waals surface area contributed by atoms with Gasteiger partial charge in [0.1, 0.15) is 5.82 Å². The molecule has 1 fully saturated rings. The van der Waals surface area contributed by atoms with Crippen LogP contribution in [0.2, 0.25) is 0 Å². The third-order valence-corrected chi connectivity index (χ3v) is 4.27. The molecular formula is C18H27ClFN3O. The molecule has 134 valence electrons. The first-order valence-electron chi connectivity index (χ1n) is 8.29. The maximum atomic E-state index is 13.2. The molecule has 1 saturated heterocycles. The summed E-state index contributed by atoms with van der Waals surface area (Å²) in [6.07, 6.45) is 3.79. The van der Waals surface area contributed by atoms with Gasteiger partial charge in [-0.25, -0.2) is 9.18 Å². The van der Waals surface area contributed by atoms with Gasteiger partial charge in [0.05, 0.1) is 0 Å². The van der Waals surface area contributed by atoms with Crippen LogP contribution in [-0.2, 0) is 0 Å². The Morgan fingerprint density at radius 2 is 1.92 bits per heavy atom. The number of benzene rings is 1. The maximum absolute atomic E-state index is 13.2. The fourth-order valence-corrected chi connectivity index (χ4v) is 3.02. The Bertz CT molecular complexity index is 516. The largest absolute Gasteiger partial charge is 0.338 e. The summed E-state index contributed by atoms with van der Waals surface area (Å²) in [5.41, 5.74) is 1.12. The minimum absolute atomic E-state index is 0. The van der Waals surface area contributed by atoms with Crippen LogP contribution in [-0.4, -0.2) is 48.6 Å². The first-order chi connectivity index (χ1) is 11.2. The highest BCUT2D eigenvalue weighted by Crippen LogP contribution is 2.27. The molecule has 6 heteroatoms. The number of amides is 2. The predicted octanol–water partition coefficient (Wildman–Crippen LogP) is 3.60. The van der Waals surface area contributed by atoms with Crippen molar-refractivity contribution >= 4 is 18.4 Å². The Balaban J connectivity index is 0.00000288. The first kappa shape index (κ1) is 20.5. The van der Waals surface area contributed by atoms with Crippen LogP contribution in [0, 0.1) is 5.82 Å². The number of hydrogen-bond acceptors (Lipinski definition) is 2. The SMILES string of the molecule is C=CCCC(c1ccc(F)cc1)N1CCN(C(=O)NCC)CC1.Cl. The third kappa shape index (κ3) is 5.49. The molecule has 0 spiro atoms. The molecule has 1 heterocycles. The molecule has 2 rings (SSSR count). The van der Waals surface area contributed by atoms with E-state index in [1.807, 2.05) is 30.0 Å². The van der Waals surface area contributed by atoms with E-state index in [9.17, 15) is 9.18 Å². The summed E-state index contributed by atoms with van der Waals surface area (Å²) >= 11 is 0. The lowest BCUT2D eigenvalue weighted by molar-refractivity contribution is 0.104. The van der Waals surface area contributed by atoms with Gasteiger partial charge in [0, 0.05) is 38.8 Å². The van der Waals surface area contributed by atoms with Gasteiger partial charge in [-0.2, -0.15) is 0 Å². The van der Waals surface area contributed by atoms with E-state index in [4.69, 9.17) is 0 Å². The van der Waals surface area contributed by atoms with Gasteiger partial charge in [-0.15, -0.1) is 19.0 Å². The van der Waals surface area contributed by atoms with Gasteiger partial charge in [0.15, 0.2) is 0 Å². The number of nitrogens with zero attached hydrogens (tertiary/aromatic N) is 2. The van der Waals surface area contributed by atoms with E-state index in [2.05, 4.69) is 16.8 Å². The zero-order valence-electron chi connectivity index (χ0n) is 14.2. The van der Waals surface area contributed by atoms with Gasteiger partial charge in [0.2, 0.25) is 0 Å². The predicted molar refractivity (Wildman–Crippen MR) is 98.0 cm³/mol. The Morgan fingerprint density at radius 3 is 2.46 bits per heavy atom. The van der Waals surface area contributed by atoms with Gasteiger partial charge in [-0.3, -0.25) is 4.90 Å². The molecule has 1 aromatic carbocycles. The minimum Gasteiger partial charge on any atom is -0.338 e. The van der Waals surface area contributed by atoms with Crippen LogP contribution in [0.4, 0.5) is 9.18 Å². The van der Waals surface area contributed by atoms with Crippen molar-refractivity contribution in [2.45, 2.75) is 25.8 Å². The monoisotopic (exact) mass is 355 g/mol. The lowest BCUT2D eigenvalue weighted by atomic mass is 9.99. The molecule has 4 nitrogen and oxygen atoms in total. The smallest absolute Gasteiger partial charge is 0.317 e. The normalized spacial score (nSPS) is 16.2. The fraction of sp³-hybridized carbons (Fsp3) is 0.500. The second-order valence-corrected chi connectivity index (χ2v) is 5.79. The van der Waals surface area contributed by atoms with Crippen LogP contribution in [0.15, 0.2) is 36.9 Å². The average molecular weight is 356 g/mol. The second kappa shape index (κ2) is 10.3. The number of carbonyl (C=O) groups excluding carboxylic acids is 1. The highest BCUT2D eigenvalue weighted by Gasteiger charge is 2.26. The summed E-state index contributed by atoms with van der Waals surface area (Å²) < 4.78 is 13.2. The van der Waals surface area contributed by atoms with Crippen molar-refractivity contribution in [1.82, 2.24) is 15.1 Å². The van der Waals surface area contributed by atoms with Crippen molar-refractivity contribution in [3.63, 3.8) is 0 Å². The van der Waals surface area contributed by atoms with Gasteiger partial charge in [0.25, 0.3) is 0 Å². The Morgan fingerprint density at radius 1 is 1.29 bits per heavy atom. The number of rotatable bonds is 6. The maximum Gasteiger partial charge on any atom is 0.317 e. The third-order valence-electron chi connectivity index (χ3n) is 4.27. The van der Waals surface area contributed by atoms with Gasteiger partial charge >= 0.3 is 6.03 Å². The molecule has 2 amide bonds. The summed E-state index contributed by atoms with van der Waals surface area (Å²) in [5, 5.41) is 2.85. The van der Waals surface area contributed by atoms with Crippen LogP contribution in [0.25, 0.3) is 0 Å². The molecule has 1 unspecified atom stereocenters. The molecule has 1 aromatic rings. The molecule has 0 bridgehead atoms. The molecule has 1 atom stereocenters. The zero-order valence-corrected chi connectivity index (χ0v) is 15.0. The first-order valence-corrected chi connectivity index (χ1v) is 8.29. The van der Waals surface area contributed by atoms with Crippen LogP contribution in [0.5, 0.6) is 0 Å². The molecule has 1 aliphatic heterocycles. The van der Waals surface area contributed by atoms with Crippen molar-refractivity contribution in [3.8, 4) is 0 Å². The van der Waals surface area contributed by atoms with Crippen LogP contribution in [0.3, 0.4) is 0 Å². The lowest BCUT2D eigenvalue weighted by Gasteiger charge is -2.39. The van der Waals surface area contributed by atoms with E-state index in [1.165, 1.54) is 12.1 Å². The van der Waals surface area contributed by atoms with Crippen molar-refractivity contribution in [1.29, 1.82) is 0 Å². The van der Waals surface area contributed by atoms with Crippen LogP contribution >= 0.6 is 12.4 Å². The Hall–Kier alpha value is -1.59. The number of halogens is 2. The molecule has 1 aliphatic rings. The van der Waals surface area contributed by atoms with Gasteiger partial charge < -0.3 is 10.2 Å². The molecule has 0 saturated carbocycles. The number of carbonyl (C=O) groups is 1. The molecule has 24 heavy (non-hydrogen) atoms. The highest BCUT2D eigenvalue weighted by atomic mass is 35.5. The quantitative estimate of drug-likeness (QED) is 0.791. The molecule has 0 aromatic heterocycles. The van der Waals surface area contributed by atoms with Gasteiger partial charge in [-0.05, 0) is 37.5 Å². The van der Waals surface area contributed by atoms with E-state index in [-0.39, 0.29) is 30.3 Å². The zero-order chi connectivity index (χ0) is 16.7. The van der Waals surface area contributed by atoms with Crippen molar-refractivity contribution in [3.05, 3.63) is 48.3 Å². The summed E-state index contributed by atoms with van der Waals surface area (Å²) in [6.45, 7) is 9.47. The number of hydrogen-bond donors (Lipinski definition) is 1. The van der Waals surface area contributed by atoms with E-state index < -0.39 is 0 Å². The van der Waals surface area contributed by atoms with Crippen LogP contribution in [0.1, 0.15) is 31.4 Å².